The van der Waals surface area contributed by atoms with Crippen LogP contribution in [-0.2, 0) is 4.79 Å². The van der Waals surface area contributed by atoms with Crippen LogP contribution in [0.15, 0.2) is 36.1 Å². The van der Waals surface area contributed by atoms with E-state index in [9.17, 15) is 4.79 Å². The average Bonchev–Trinajstić information content (AvgIpc) is 3.24. The maximum absolute atomic E-state index is 12.8. The average molecular weight is 395 g/mol. The first-order chi connectivity index (χ1) is 13.5. The van der Waals surface area contributed by atoms with Crippen molar-refractivity contribution in [1.82, 2.24) is 19.9 Å². The van der Waals surface area contributed by atoms with Crippen LogP contribution in [0.3, 0.4) is 0 Å². The fourth-order valence-electron chi connectivity index (χ4n) is 3.60. The van der Waals surface area contributed by atoms with Crippen LogP contribution in [0.4, 0.5) is 11.5 Å². The van der Waals surface area contributed by atoms with E-state index in [1.54, 1.807) is 30.5 Å². The standard InChI is InChI=1S/C20H22N6OS/c1-5-14-20(27)25(4)15-11-23-17(24-18(15)26(14)12(2)3)13-7-6-8-21-16(13)19-22-9-10-28-19/h6-12,14H,5H2,1-4H3/t14-/m1/s1. The van der Waals surface area contributed by atoms with Gasteiger partial charge in [-0.2, -0.15) is 0 Å². The molecule has 28 heavy (non-hydrogen) atoms. The number of likely N-dealkylation sites (N-methyl/N-ethyl adjacent to an activating group) is 1. The minimum atomic E-state index is -0.229. The van der Waals surface area contributed by atoms with Gasteiger partial charge in [-0.05, 0) is 32.4 Å². The van der Waals surface area contributed by atoms with E-state index in [0.717, 1.165) is 34.2 Å². The van der Waals surface area contributed by atoms with Crippen molar-refractivity contribution in [3.05, 3.63) is 36.1 Å². The van der Waals surface area contributed by atoms with E-state index < -0.39 is 0 Å². The van der Waals surface area contributed by atoms with Crippen LogP contribution in [0.25, 0.3) is 22.1 Å². The lowest BCUT2D eigenvalue weighted by Crippen LogP contribution is -2.54. The Morgan fingerprint density at radius 3 is 2.71 bits per heavy atom. The van der Waals surface area contributed by atoms with Crippen molar-refractivity contribution in [2.75, 3.05) is 16.8 Å². The second-order valence-corrected chi connectivity index (χ2v) is 7.86. The highest BCUT2D eigenvalue weighted by Gasteiger charge is 2.38. The van der Waals surface area contributed by atoms with Gasteiger partial charge < -0.3 is 9.80 Å². The van der Waals surface area contributed by atoms with Crippen molar-refractivity contribution >= 4 is 28.7 Å². The molecule has 0 N–H and O–H groups in total. The van der Waals surface area contributed by atoms with Gasteiger partial charge in [-0.3, -0.25) is 9.78 Å². The molecule has 1 aliphatic rings. The van der Waals surface area contributed by atoms with Gasteiger partial charge in [0.1, 0.15) is 22.4 Å². The highest BCUT2D eigenvalue weighted by Crippen LogP contribution is 2.38. The van der Waals surface area contributed by atoms with Gasteiger partial charge in [-0.1, -0.05) is 6.92 Å². The summed E-state index contributed by atoms with van der Waals surface area (Å²) >= 11 is 1.53. The number of aromatic nitrogens is 4. The molecule has 1 amide bonds. The lowest BCUT2D eigenvalue weighted by atomic mass is 10.1. The third kappa shape index (κ3) is 2.93. The molecular weight excluding hydrogens is 372 g/mol. The molecule has 3 aromatic heterocycles. The van der Waals surface area contributed by atoms with E-state index in [-0.39, 0.29) is 18.0 Å². The summed E-state index contributed by atoms with van der Waals surface area (Å²) in [4.78, 5) is 34.9. The fourth-order valence-corrected chi connectivity index (χ4v) is 4.25. The molecule has 4 rings (SSSR count). The first-order valence-electron chi connectivity index (χ1n) is 9.31. The van der Waals surface area contributed by atoms with Gasteiger partial charge in [-0.15, -0.1) is 11.3 Å². The van der Waals surface area contributed by atoms with Crippen molar-refractivity contribution < 1.29 is 4.79 Å². The monoisotopic (exact) mass is 394 g/mol. The van der Waals surface area contributed by atoms with Crippen LogP contribution in [0, 0.1) is 0 Å². The molecule has 4 heterocycles. The van der Waals surface area contributed by atoms with Gasteiger partial charge in [-0.25, -0.2) is 15.0 Å². The van der Waals surface area contributed by atoms with Gasteiger partial charge in [0.25, 0.3) is 0 Å². The molecule has 8 heteroatoms. The molecular formula is C20H22N6OS. The summed E-state index contributed by atoms with van der Waals surface area (Å²) in [6, 6.07) is 3.74. The summed E-state index contributed by atoms with van der Waals surface area (Å²) < 4.78 is 0. The summed E-state index contributed by atoms with van der Waals surface area (Å²) in [5.41, 5.74) is 2.32. The number of rotatable bonds is 4. The zero-order valence-corrected chi connectivity index (χ0v) is 17.1. The van der Waals surface area contributed by atoms with Crippen molar-refractivity contribution in [1.29, 1.82) is 0 Å². The number of hydrogen-bond donors (Lipinski definition) is 0. The molecule has 1 atom stereocenters. The van der Waals surface area contributed by atoms with Crippen LogP contribution in [0.5, 0.6) is 0 Å². The summed E-state index contributed by atoms with van der Waals surface area (Å²) in [5, 5.41) is 2.75. The Morgan fingerprint density at radius 1 is 1.21 bits per heavy atom. The topological polar surface area (TPSA) is 75.1 Å². The van der Waals surface area contributed by atoms with E-state index in [4.69, 9.17) is 4.98 Å². The SMILES string of the molecule is CC[C@@H]1C(=O)N(C)c2cnc(-c3cccnc3-c3nccs3)nc2N1C(C)C. The minimum absolute atomic E-state index is 0.0740. The minimum Gasteiger partial charge on any atom is -0.340 e. The maximum Gasteiger partial charge on any atom is 0.249 e. The van der Waals surface area contributed by atoms with Gasteiger partial charge in [0.05, 0.1) is 6.20 Å². The first-order valence-corrected chi connectivity index (χ1v) is 10.2. The zero-order valence-electron chi connectivity index (χ0n) is 16.3. The molecule has 0 aliphatic carbocycles. The predicted octanol–water partition coefficient (Wildman–Crippen LogP) is 3.63. The number of carbonyl (C=O) groups excluding carboxylic acids is 1. The van der Waals surface area contributed by atoms with Crippen LogP contribution in [-0.4, -0.2) is 45.0 Å². The Labute approximate surface area is 168 Å². The molecule has 0 unspecified atom stereocenters. The third-order valence-corrected chi connectivity index (χ3v) is 5.71. The normalized spacial score (nSPS) is 16.6. The Morgan fingerprint density at radius 2 is 2.04 bits per heavy atom. The lowest BCUT2D eigenvalue weighted by molar-refractivity contribution is -0.120. The quantitative estimate of drug-likeness (QED) is 0.673. The molecule has 7 nitrogen and oxygen atoms in total. The van der Waals surface area contributed by atoms with Crippen molar-refractivity contribution in [3.63, 3.8) is 0 Å². The van der Waals surface area contributed by atoms with E-state index in [0.29, 0.717) is 5.82 Å². The van der Waals surface area contributed by atoms with E-state index in [2.05, 4.69) is 33.7 Å². The Kier molecular flexibility index (Phi) is 4.80. The number of amides is 1. The van der Waals surface area contributed by atoms with Gasteiger partial charge in [0.2, 0.25) is 5.91 Å². The number of hydrogen-bond acceptors (Lipinski definition) is 7. The zero-order chi connectivity index (χ0) is 19.8. The molecule has 144 valence electrons. The van der Waals surface area contributed by atoms with Gasteiger partial charge >= 0.3 is 0 Å². The second kappa shape index (κ2) is 7.27. The van der Waals surface area contributed by atoms with Crippen molar-refractivity contribution in [2.24, 2.45) is 0 Å². The number of carbonyl (C=O) groups is 1. The molecule has 0 radical (unpaired) electrons. The molecule has 0 aromatic carbocycles. The van der Waals surface area contributed by atoms with E-state index >= 15 is 0 Å². The summed E-state index contributed by atoms with van der Waals surface area (Å²) in [6.45, 7) is 6.19. The Balaban J connectivity index is 1.88. The largest absolute Gasteiger partial charge is 0.340 e. The van der Waals surface area contributed by atoms with Crippen LogP contribution >= 0.6 is 11.3 Å². The fraction of sp³-hybridized carbons (Fsp3) is 0.350. The van der Waals surface area contributed by atoms with Crippen molar-refractivity contribution in [3.8, 4) is 22.1 Å². The molecule has 0 saturated carbocycles. The number of fused-ring (bicyclic) bond motifs is 1. The van der Waals surface area contributed by atoms with Gasteiger partial charge in [0, 0.05) is 36.4 Å². The van der Waals surface area contributed by atoms with Crippen LogP contribution in [0.2, 0.25) is 0 Å². The van der Waals surface area contributed by atoms with Crippen molar-refractivity contribution in [2.45, 2.75) is 39.3 Å². The summed E-state index contributed by atoms with van der Waals surface area (Å²) in [6.07, 6.45) is 5.96. The Bertz CT molecular complexity index is 1000. The van der Waals surface area contributed by atoms with Gasteiger partial charge in [0.15, 0.2) is 11.6 Å². The highest BCUT2D eigenvalue weighted by atomic mass is 32.1. The molecule has 0 bridgehead atoms. The Hall–Kier alpha value is -2.87. The number of pyridine rings is 1. The first kappa shape index (κ1) is 18.5. The molecule has 3 aromatic rings. The number of nitrogens with zero attached hydrogens (tertiary/aromatic N) is 6. The highest BCUT2D eigenvalue weighted by molar-refractivity contribution is 7.13. The molecule has 0 spiro atoms. The van der Waals surface area contributed by atoms with Crippen LogP contribution in [0.1, 0.15) is 27.2 Å². The maximum atomic E-state index is 12.8. The number of anilines is 2. The van der Waals surface area contributed by atoms with Crippen LogP contribution < -0.4 is 9.80 Å². The predicted molar refractivity (Wildman–Crippen MR) is 111 cm³/mol. The second-order valence-electron chi connectivity index (χ2n) is 6.96. The lowest BCUT2D eigenvalue weighted by Gasteiger charge is -2.42. The van der Waals surface area contributed by atoms with E-state index in [1.807, 2.05) is 24.4 Å². The van der Waals surface area contributed by atoms with E-state index in [1.165, 1.54) is 11.3 Å². The summed E-state index contributed by atoms with van der Waals surface area (Å²) in [7, 11) is 1.79. The summed E-state index contributed by atoms with van der Waals surface area (Å²) in [5.74, 6) is 1.44. The molecule has 0 fully saturated rings. The smallest absolute Gasteiger partial charge is 0.249 e. The molecule has 1 aliphatic heterocycles. The molecule has 0 saturated heterocycles. The number of thiazole rings is 1. The third-order valence-electron chi connectivity index (χ3n) is 4.93.